The molecule has 0 amide bonds. The first-order valence-corrected chi connectivity index (χ1v) is 8.67. The van der Waals surface area contributed by atoms with Crippen molar-refractivity contribution in [1.29, 1.82) is 0 Å². The minimum atomic E-state index is 0.216. The van der Waals surface area contributed by atoms with Crippen LogP contribution in [-0.2, 0) is 0 Å². The van der Waals surface area contributed by atoms with E-state index in [0.717, 1.165) is 41.5 Å². The van der Waals surface area contributed by atoms with Crippen LogP contribution in [0.5, 0.6) is 0 Å². The minimum absolute atomic E-state index is 0.216. The van der Waals surface area contributed by atoms with E-state index in [1.807, 2.05) is 6.92 Å². The van der Waals surface area contributed by atoms with E-state index in [-0.39, 0.29) is 12.4 Å². The van der Waals surface area contributed by atoms with E-state index in [1.54, 1.807) is 0 Å². The number of quaternary nitrogens is 1. The van der Waals surface area contributed by atoms with Crippen molar-refractivity contribution in [1.82, 2.24) is 4.98 Å². The number of benzene rings is 1. The molecule has 1 saturated heterocycles. The molecule has 1 aliphatic rings. The Morgan fingerprint density at radius 2 is 2.17 bits per heavy atom. The van der Waals surface area contributed by atoms with Crippen molar-refractivity contribution in [3.63, 3.8) is 0 Å². The van der Waals surface area contributed by atoms with Crippen molar-refractivity contribution in [2.75, 3.05) is 19.7 Å². The first-order chi connectivity index (χ1) is 11.1. The number of ketones is 1. The normalized spacial score (nSPS) is 21.7. The van der Waals surface area contributed by atoms with Crippen LogP contribution in [0.3, 0.4) is 0 Å². The van der Waals surface area contributed by atoms with Crippen LogP contribution < -0.4 is 4.90 Å². The molecule has 124 valence electrons. The van der Waals surface area contributed by atoms with Gasteiger partial charge in [-0.25, -0.2) is 0 Å². The average Bonchev–Trinajstić information content (AvgIpc) is 2.84. The highest BCUT2D eigenvalue weighted by Gasteiger charge is 2.29. The van der Waals surface area contributed by atoms with Crippen LogP contribution in [0, 0.1) is 13.8 Å². The molecule has 2 aromatic rings. The van der Waals surface area contributed by atoms with Crippen molar-refractivity contribution < 1.29 is 14.8 Å². The van der Waals surface area contributed by atoms with Crippen LogP contribution in [0.4, 0.5) is 0 Å². The summed E-state index contributed by atoms with van der Waals surface area (Å²) < 4.78 is 0. The molecular formula is C19H27N2O2+. The molecule has 0 saturated carbocycles. The molecule has 2 atom stereocenters. The lowest BCUT2D eigenvalue weighted by Crippen LogP contribution is -3.17. The SMILES string of the molecule is Cc1ccc2c(C(=O)C[NH+]3CCCC[C@@H]3CCO)c(C)[nH]c2c1. The Balaban J connectivity index is 1.84. The molecular weight excluding hydrogens is 288 g/mol. The van der Waals surface area contributed by atoms with Gasteiger partial charge in [0.1, 0.15) is 6.54 Å². The monoisotopic (exact) mass is 315 g/mol. The second-order valence-corrected chi connectivity index (χ2v) is 6.89. The minimum Gasteiger partial charge on any atom is -0.396 e. The van der Waals surface area contributed by atoms with Gasteiger partial charge in [-0.3, -0.25) is 4.79 Å². The predicted molar refractivity (Wildman–Crippen MR) is 92.1 cm³/mol. The van der Waals surface area contributed by atoms with Gasteiger partial charge in [0, 0.05) is 29.6 Å². The van der Waals surface area contributed by atoms with Gasteiger partial charge in [0.05, 0.1) is 18.2 Å². The Hall–Kier alpha value is -1.65. The maximum Gasteiger partial charge on any atom is 0.219 e. The second-order valence-electron chi connectivity index (χ2n) is 6.89. The molecule has 0 bridgehead atoms. The summed E-state index contributed by atoms with van der Waals surface area (Å²) in [5.74, 6) is 0.220. The molecule has 3 rings (SSSR count). The summed E-state index contributed by atoms with van der Waals surface area (Å²) in [5.41, 5.74) is 4.06. The topological polar surface area (TPSA) is 57.5 Å². The Kier molecular flexibility index (Phi) is 4.83. The summed E-state index contributed by atoms with van der Waals surface area (Å²) in [4.78, 5) is 17.6. The van der Waals surface area contributed by atoms with E-state index in [4.69, 9.17) is 0 Å². The highest BCUT2D eigenvalue weighted by molar-refractivity contribution is 6.09. The van der Waals surface area contributed by atoms with Gasteiger partial charge in [0.2, 0.25) is 5.78 Å². The van der Waals surface area contributed by atoms with Crippen molar-refractivity contribution in [2.45, 2.75) is 45.6 Å². The summed E-state index contributed by atoms with van der Waals surface area (Å²) in [6.45, 7) is 5.84. The van der Waals surface area contributed by atoms with Crippen molar-refractivity contribution in [3.05, 3.63) is 35.0 Å². The van der Waals surface area contributed by atoms with Crippen molar-refractivity contribution in [3.8, 4) is 0 Å². The molecule has 4 nitrogen and oxygen atoms in total. The van der Waals surface area contributed by atoms with E-state index in [1.165, 1.54) is 23.3 Å². The Morgan fingerprint density at radius 3 is 2.96 bits per heavy atom. The fourth-order valence-corrected chi connectivity index (χ4v) is 3.99. The molecule has 4 heteroatoms. The number of hydrogen-bond donors (Lipinski definition) is 3. The standard InChI is InChI=1S/C19H26N2O2/c1-13-6-7-16-17(11-13)20-14(2)19(16)18(23)12-21-9-4-3-5-15(21)8-10-22/h6-7,11,15,20,22H,3-5,8-10,12H2,1-2H3/p+1/t15-/m1/s1. The second kappa shape index (κ2) is 6.85. The zero-order valence-corrected chi connectivity index (χ0v) is 14.1. The fraction of sp³-hybridized carbons (Fsp3) is 0.526. The number of aromatic nitrogens is 1. The molecule has 2 heterocycles. The number of fused-ring (bicyclic) bond motifs is 1. The number of Topliss-reactive ketones (excluding diaryl/α,β-unsaturated/α-hetero) is 1. The van der Waals surface area contributed by atoms with Crippen LogP contribution in [0.25, 0.3) is 10.9 Å². The Morgan fingerprint density at radius 1 is 1.35 bits per heavy atom. The molecule has 23 heavy (non-hydrogen) atoms. The molecule has 1 aliphatic heterocycles. The van der Waals surface area contributed by atoms with Crippen LogP contribution in [0.15, 0.2) is 18.2 Å². The number of aryl methyl sites for hydroxylation is 2. The van der Waals surface area contributed by atoms with E-state index in [9.17, 15) is 9.90 Å². The molecule has 1 aromatic heterocycles. The molecule has 1 fully saturated rings. The van der Waals surface area contributed by atoms with Gasteiger partial charge >= 0.3 is 0 Å². The number of piperidine rings is 1. The Labute approximate surface area is 137 Å². The van der Waals surface area contributed by atoms with Crippen LogP contribution >= 0.6 is 0 Å². The molecule has 0 radical (unpaired) electrons. The molecule has 1 unspecified atom stereocenters. The zero-order chi connectivity index (χ0) is 16.4. The fourth-order valence-electron chi connectivity index (χ4n) is 3.99. The van der Waals surface area contributed by atoms with Gasteiger partial charge in [0.15, 0.2) is 0 Å². The highest BCUT2D eigenvalue weighted by atomic mass is 16.3. The van der Waals surface area contributed by atoms with E-state index < -0.39 is 0 Å². The number of aromatic amines is 1. The molecule has 3 N–H and O–H groups in total. The number of nitrogens with one attached hydrogen (secondary N) is 2. The maximum atomic E-state index is 12.9. The van der Waals surface area contributed by atoms with Crippen LogP contribution in [0.2, 0.25) is 0 Å². The number of aliphatic hydroxyl groups excluding tert-OH is 1. The van der Waals surface area contributed by atoms with E-state index in [0.29, 0.717) is 12.6 Å². The summed E-state index contributed by atoms with van der Waals surface area (Å²) in [6.07, 6.45) is 4.31. The third-order valence-corrected chi connectivity index (χ3v) is 5.16. The third-order valence-electron chi connectivity index (χ3n) is 5.16. The first kappa shape index (κ1) is 16.2. The van der Waals surface area contributed by atoms with Gasteiger partial charge < -0.3 is 15.0 Å². The highest BCUT2D eigenvalue weighted by Crippen LogP contribution is 2.23. The van der Waals surface area contributed by atoms with Gasteiger partial charge in [-0.2, -0.15) is 0 Å². The van der Waals surface area contributed by atoms with Gasteiger partial charge in [0.25, 0.3) is 0 Å². The molecule has 1 aromatic carbocycles. The smallest absolute Gasteiger partial charge is 0.219 e. The van der Waals surface area contributed by atoms with Gasteiger partial charge in [-0.1, -0.05) is 12.1 Å². The van der Waals surface area contributed by atoms with Crippen molar-refractivity contribution in [2.24, 2.45) is 0 Å². The number of hydrogen-bond acceptors (Lipinski definition) is 2. The zero-order valence-electron chi connectivity index (χ0n) is 14.1. The average molecular weight is 315 g/mol. The number of likely N-dealkylation sites (tertiary alicyclic amines) is 1. The third kappa shape index (κ3) is 3.33. The van der Waals surface area contributed by atoms with Crippen molar-refractivity contribution >= 4 is 16.7 Å². The summed E-state index contributed by atoms with van der Waals surface area (Å²) in [5, 5.41) is 10.3. The lowest BCUT2D eigenvalue weighted by atomic mass is 9.98. The van der Waals surface area contributed by atoms with Crippen LogP contribution in [0.1, 0.15) is 47.3 Å². The van der Waals surface area contributed by atoms with Gasteiger partial charge in [-0.05, 0) is 44.7 Å². The Bertz CT molecular complexity index is 703. The number of H-pyrrole nitrogens is 1. The lowest BCUT2D eigenvalue weighted by molar-refractivity contribution is -0.923. The number of rotatable bonds is 5. The quantitative estimate of drug-likeness (QED) is 0.737. The summed E-state index contributed by atoms with van der Waals surface area (Å²) in [6, 6.07) is 6.64. The van der Waals surface area contributed by atoms with Crippen LogP contribution in [-0.4, -0.2) is 41.6 Å². The summed E-state index contributed by atoms with van der Waals surface area (Å²) in [7, 11) is 0. The lowest BCUT2D eigenvalue weighted by Gasteiger charge is -2.31. The number of carbonyl (C=O) groups is 1. The first-order valence-electron chi connectivity index (χ1n) is 8.67. The molecule has 0 spiro atoms. The van der Waals surface area contributed by atoms with Gasteiger partial charge in [-0.15, -0.1) is 0 Å². The largest absolute Gasteiger partial charge is 0.396 e. The number of carbonyl (C=O) groups excluding carboxylic acids is 1. The van der Waals surface area contributed by atoms with E-state index >= 15 is 0 Å². The number of aliphatic hydroxyl groups is 1. The maximum absolute atomic E-state index is 12.9. The summed E-state index contributed by atoms with van der Waals surface area (Å²) >= 11 is 0. The van der Waals surface area contributed by atoms with E-state index in [2.05, 4.69) is 30.1 Å². The predicted octanol–water partition coefficient (Wildman–Crippen LogP) is 1.79. The molecule has 0 aliphatic carbocycles.